The van der Waals surface area contributed by atoms with Gasteiger partial charge in [-0.25, -0.2) is 9.37 Å². The van der Waals surface area contributed by atoms with Gasteiger partial charge in [-0.2, -0.15) is 4.37 Å². The van der Waals surface area contributed by atoms with E-state index in [0.29, 0.717) is 16.6 Å². The van der Waals surface area contributed by atoms with Gasteiger partial charge in [0.2, 0.25) is 5.13 Å². The van der Waals surface area contributed by atoms with Crippen LogP contribution in [0.5, 0.6) is 0 Å². The highest BCUT2D eigenvalue weighted by molar-refractivity contribution is 7.80. The van der Waals surface area contributed by atoms with Crippen LogP contribution >= 0.6 is 23.8 Å². The fourth-order valence-electron chi connectivity index (χ4n) is 1.26. The number of anilines is 2. The zero-order valence-corrected chi connectivity index (χ0v) is 10.5. The van der Waals surface area contributed by atoms with Crippen molar-refractivity contribution in [2.24, 2.45) is 5.73 Å². The Balaban J connectivity index is 2.23. The van der Waals surface area contributed by atoms with Crippen LogP contribution in [0.3, 0.4) is 0 Å². The second kappa shape index (κ2) is 4.72. The fourth-order valence-corrected chi connectivity index (χ4v) is 2.03. The zero-order valence-electron chi connectivity index (χ0n) is 8.90. The molecule has 88 valence electrons. The largest absolute Gasteiger partial charge is 0.389 e. The Hall–Kier alpha value is -1.60. The van der Waals surface area contributed by atoms with Crippen LogP contribution in [0, 0.1) is 12.7 Å². The molecular weight excluding hydrogens is 259 g/mol. The summed E-state index contributed by atoms with van der Waals surface area (Å²) in [5, 5.41) is 3.57. The lowest BCUT2D eigenvalue weighted by Gasteiger charge is -2.05. The number of nitrogens with one attached hydrogen (secondary N) is 1. The number of benzene rings is 1. The molecule has 0 bridgehead atoms. The van der Waals surface area contributed by atoms with Crippen molar-refractivity contribution < 1.29 is 4.39 Å². The standard InChI is InChI=1S/C10H9FN4S2/c1-5-13-10(17-15-5)14-6-2-3-7(9(12)16)8(11)4-6/h2-4H,1H3,(H2,12,16)(H,13,14,15). The molecule has 0 saturated carbocycles. The van der Waals surface area contributed by atoms with Gasteiger partial charge in [-0.1, -0.05) is 12.2 Å². The van der Waals surface area contributed by atoms with E-state index in [1.165, 1.54) is 23.7 Å². The van der Waals surface area contributed by atoms with Crippen LogP contribution in [0.25, 0.3) is 0 Å². The van der Waals surface area contributed by atoms with E-state index in [1.807, 2.05) is 0 Å². The first-order chi connectivity index (χ1) is 8.06. The summed E-state index contributed by atoms with van der Waals surface area (Å²) in [6, 6.07) is 4.55. The van der Waals surface area contributed by atoms with Crippen LogP contribution in [-0.2, 0) is 0 Å². The summed E-state index contributed by atoms with van der Waals surface area (Å²) in [5.74, 6) is 0.224. The number of nitrogens with zero attached hydrogens (tertiary/aromatic N) is 2. The topological polar surface area (TPSA) is 63.8 Å². The fraction of sp³-hybridized carbons (Fsp3) is 0.100. The van der Waals surface area contributed by atoms with Gasteiger partial charge in [0, 0.05) is 22.8 Å². The summed E-state index contributed by atoms with van der Waals surface area (Å²) in [6.45, 7) is 1.79. The molecule has 1 aromatic heterocycles. The molecule has 2 aromatic rings. The number of aryl methyl sites for hydroxylation is 1. The molecule has 2 rings (SSSR count). The third-order valence-electron chi connectivity index (χ3n) is 2.01. The molecule has 0 fully saturated rings. The molecule has 1 heterocycles. The average Bonchev–Trinajstić information content (AvgIpc) is 2.63. The normalized spacial score (nSPS) is 10.2. The Labute approximate surface area is 107 Å². The Morgan fingerprint density at radius 1 is 1.53 bits per heavy atom. The Morgan fingerprint density at radius 2 is 2.29 bits per heavy atom. The summed E-state index contributed by atoms with van der Waals surface area (Å²) in [4.78, 5) is 4.16. The number of hydrogen-bond acceptors (Lipinski definition) is 5. The lowest BCUT2D eigenvalue weighted by Crippen LogP contribution is -2.11. The third-order valence-corrected chi connectivity index (χ3v) is 2.96. The molecule has 0 saturated heterocycles. The van der Waals surface area contributed by atoms with E-state index in [1.54, 1.807) is 13.0 Å². The van der Waals surface area contributed by atoms with Gasteiger partial charge >= 0.3 is 0 Å². The van der Waals surface area contributed by atoms with Crippen LogP contribution in [0.4, 0.5) is 15.2 Å². The minimum absolute atomic E-state index is 0.0424. The van der Waals surface area contributed by atoms with Gasteiger partial charge in [0.1, 0.15) is 16.6 Å². The first kappa shape index (κ1) is 11.9. The maximum absolute atomic E-state index is 13.6. The van der Waals surface area contributed by atoms with Crippen LogP contribution in [-0.4, -0.2) is 14.3 Å². The number of thiocarbonyl (C=S) groups is 1. The smallest absolute Gasteiger partial charge is 0.207 e. The minimum atomic E-state index is -0.455. The third kappa shape index (κ3) is 2.75. The van der Waals surface area contributed by atoms with Crippen LogP contribution in [0.15, 0.2) is 18.2 Å². The van der Waals surface area contributed by atoms with Gasteiger partial charge in [-0.05, 0) is 25.1 Å². The lowest BCUT2D eigenvalue weighted by molar-refractivity contribution is 0.626. The van der Waals surface area contributed by atoms with Crippen LogP contribution < -0.4 is 11.1 Å². The van der Waals surface area contributed by atoms with Gasteiger partial charge < -0.3 is 11.1 Å². The van der Waals surface area contributed by atoms with Crippen molar-refractivity contribution in [3.63, 3.8) is 0 Å². The summed E-state index contributed by atoms with van der Waals surface area (Å²) < 4.78 is 17.6. The first-order valence-corrected chi connectivity index (χ1v) is 5.91. The van der Waals surface area contributed by atoms with E-state index in [0.717, 1.165) is 0 Å². The van der Waals surface area contributed by atoms with Crippen molar-refractivity contribution >= 4 is 39.6 Å². The molecule has 0 spiro atoms. The Morgan fingerprint density at radius 3 is 2.82 bits per heavy atom. The minimum Gasteiger partial charge on any atom is -0.389 e. The summed E-state index contributed by atoms with van der Waals surface area (Å²) in [7, 11) is 0. The van der Waals surface area contributed by atoms with Crippen molar-refractivity contribution in [3.05, 3.63) is 35.4 Å². The Kier molecular flexibility index (Phi) is 3.30. The highest BCUT2D eigenvalue weighted by atomic mass is 32.1. The summed E-state index contributed by atoms with van der Waals surface area (Å²) >= 11 is 5.94. The molecule has 17 heavy (non-hydrogen) atoms. The van der Waals surface area contributed by atoms with Gasteiger partial charge in [0.05, 0.1) is 0 Å². The second-order valence-corrected chi connectivity index (χ2v) is 4.52. The van der Waals surface area contributed by atoms with E-state index in [2.05, 4.69) is 14.7 Å². The second-order valence-electron chi connectivity index (χ2n) is 3.33. The molecule has 7 heteroatoms. The molecule has 0 aliphatic rings. The molecular formula is C10H9FN4S2. The molecule has 0 atom stereocenters. The molecule has 4 nitrogen and oxygen atoms in total. The van der Waals surface area contributed by atoms with E-state index >= 15 is 0 Å². The van der Waals surface area contributed by atoms with E-state index in [-0.39, 0.29) is 10.6 Å². The van der Waals surface area contributed by atoms with Gasteiger partial charge in [-0.3, -0.25) is 0 Å². The molecule has 0 aliphatic heterocycles. The van der Waals surface area contributed by atoms with Crippen LogP contribution in [0.1, 0.15) is 11.4 Å². The molecule has 0 unspecified atom stereocenters. The van der Waals surface area contributed by atoms with Crippen molar-refractivity contribution in [2.45, 2.75) is 6.92 Å². The number of halogens is 1. The summed E-state index contributed by atoms with van der Waals surface area (Å²) in [5.41, 5.74) is 6.19. The maximum atomic E-state index is 13.6. The SMILES string of the molecule is Cc1nsc(Nc2ccc(C(N)=S)c(F)c2)n1. The predicted molar refractivity (Wildman–Crippen MR) is 70.2 cm³/mol. The van der Waals surface area contributed by atoms with Crippen LogP contribution in [0.2, 0.25) is 0 Å². The monoisotopic (exact) mass is 268 g/mol. The van der Waals surface area contributed by atoms with Crippen molar-refractivity contribution in [2.75, 3.05) is 5.32 Å². The highest BCUT2D eigenvalue weighted by Crippen LogP contribution is 2.20. The number of nitrogens with two attached hydrogens (primary N) is 1. The molecule has 0 radical (unpaired) electrons. The van der Waals surface area contributed by atoms with Crippen molar-refractivity contribution in [1.82, 2.24) is 9.36 Å². The quantitative estimate of drug-likeness (QED) is 0.837. The highest BCUT2D eigenvalue weighted by Gasteiger charge is 2.07. The molecule has 3 N–H and O–H groups in total. The van der Waals surface area contributed by atoms with E-state index in [4.69, 9.17) is 18.0 Å². The molecule has 0 amide bonds. The number of hydrogen-bond donors (Lipinski definition) is 2. The van der Waals surface area contributed by atoms with E-state index in [9.17, 15) is 4.39 Å². The molecule has 0 aliphatic carbocycles. The van der Waals surface area contributed by atoms with Gasteiger partial charge in [0.25, 0.3) is 0 Å². The Bertz CT molecular complexity index is 567. The average molecular weight is 268 g/mol. The van der Waals surface area contributed by atoms with Crippen molar-refractivity contribution in [1.29, 1.82) is 0 Å². The summed E-state index contributed by atoms with van der Waals surface area (Å²) in [6.07, 6.45) is 0. The number of rotatable bonds is 3. The number of aromatic nitrogens is 2. The maximum Gasteiger partial charge on any atom is 0.207 e. The van der Waals surface area contributed by atoms with Gasteiger partial charge in [0.15, 0.2) is 0 Å². The zero-order chi connectivity index (χ0) is 12.4. The lowest BCUT2D eigenvalue weighted by atomic mass is 10.2. The predicted octanol–water partition coefficient (Wildman–Crippen LogP) is 2.36. The molecule has 1 aromatic carbocycles. The van der Waals surface area contributed by atoms with Crippen molar-refractivity contribution in [3.8, 4) is 0 Å². The van der Waals surface area contributed by atoms with E-state index < -0.39 is 5.82 Å². The van der Waals surface area contributed by atoms with Gasteiger partial charge in [-0.15, -0.1) is 0 Å². The first-order valence-electron chi connectivity index (χ1n) is 4.73.